The second kappa shape index (κ2) is 5.67. The van der Waals surface area contributed by atoms with Gasteiger partial charge in [0.1, 0.15) is 5.69 Å². The second-order valence-corrected chi connectivity index (χ2v) is 5.26. The van der Waals surface area contributed by atoms with E-state index in [1.54, 1.807) is 12.1 Å². The molecule has 98 valence electrons. The van der Waals surface area contributed by atoms with E-state index in [9.17, 15) is 10.1 Å². The summed E-state index contributed by atoms with van der Waals surface area (Å²) in [6, 6.07) is 5.47. The first-order chi connectivity index (χ1) is 8.59. The van der Waals surface area contributed by atoms with Crippen LogP contribution in [0.15, 0.2) is 22.7 Å². The highest BCUT2D eigenvalue weighted by molar-refractivity contribution is 9.10. The maximum absolute atomic E-state index is 11.1. The molecule has 1 aliphatic rings. The number of benzene rings is 1. The zero-order chi connectivity index (χ0) is 13.1. The Bertz CT molecular complexity index is 447. The number of rotatable bonds is 3. The molecule has 1 saturated heterocycles. The first-order valence-corrected chi connectivity index (χ1v) is 6.63. The average molecular weight is 315 g/mol. The quantitative estimate of drug-likeness (QED) is 0.635. The minimum atomic E-state index is -0.337. The Kier molecular flexibility index (Phi) is 4.19. The van der Waals surface area contributed by atoms with Crippen LogP contribution in [0.5, 0.6) is 0 Å². The molecule has 1 heterocycles. The predicted octanol–water partition coefficient (Wildman–Crippen LogP) is 2.97. The van der Waals surface area contributed by atoms with Gasteiger partial charge in [0.05, 0.1) is 4.92 Å². The number of hydrogen-bond donors (Lipinski definition) is 0. The predicted molar refractivity (Wildman–Crippen MR) is 73.0 cm³/mol. The van der Waals surface area contributed by atoms with Crippen LogP contribution < -0.4 is 4.90 Å². The number of halogens is 1. The third-order valence-corrected chi connectivity index (χ3v) is 3.75. The molecular formula is C12H15BrN2O3. The van der Waals surface area contributed by atoms with Gasteiger partial charge in [0.2, 0.25) is 0 Å². The van der Waals surface area contributed by atoms with E-state index in [4.69, 9.17) is 4.74 Å². The highest BCUT2D eigenvalue weighted by Gasteiger charge is 2.24. The van der Waals surface area contributed by atoms with Crippen LogP contribution in [-0.4, -0.2) is 31.2 Å². The van der Waals surface area contributed by atoms with E-state index >= 15 is 0 Å². The van der Waals surface area contributed by atoms with Gasteiger partial charge in [0, 0.05) is 36.8 Å². The lowest BCUT2D eigenvalue weighted by Gasteiger charge is -2.32. The Hall–Kier alpha value is -1.14. The van der Waals surface area contributed by atoms with Crippen molar-refractivity contribution in [2.75, 3.05) is 25.2 Å². The molecule has 1 aromatic rings. The summed E-state index contributed by atoms with van der Waals surface area (Å²) < 4.78 is 6.04. The standard InChI is InChI=1S/C12H15BrN2O3/c1-14(10-4-6-18-7-5-10)11-3-2-9(13)8-12(11)15(16)17/h2-3,8,10H,4-7H2,1H3. The Labute approximate surface area is 114 Å². The number of nitrogens with zero attached hydrogens (tertiary/aromatic N) is 2. The lowest BCUT2D eigenvalue weighted by atomic mass is 10.1. The molecule has 5 nitrogen and oxygen atoms in total. The maximum Gasteiger partial charge on any atom is 0.293 e. The smallest absolute Gasteiger partial charge is 0.293 e. The van der Waals surface area contributed by atoms with Gasteiger partial charge in [-0.15, -0.1) is 0 Å². The summed E-state index contributed by atoms with van der Waals surface area (Å²) >= 11 is 3.27. The number of ether oxygens (including phenoxy) is 1. The fourth-order valence-corrected chi connectivity index (χ4v) is 2.56. The van der Waals surface area contributed by atoms with Gasteiger partial charge >= 0.3 is 0 Å². The molecule has 0 atom stereocenters. The third kappa shape index (κ3) is 2.81. The van der Waals surface area contributed by atoms with E-state index in [1.807, 2.05) is 18.0 Å². The molecule has 1 aromatic carbocycles. The van der Waals surface area contributed by atoms with Crippen molar-refractivity contribution in [1.29, 1.82) is 0 Å². The molecule has 18 heavy (non-hydrogen) atoms. The van der Waals surface area contributed by atoms with Gasteiger partial charge < -0.3 is 9.64 Å². The van der Waals surface area contributed by atoms with Crippen molar-refractivity contribution < 1.29 is 9.66 Å². The maximum atomic E-state index is 11.1. The molecule has 1 fully saturated rings. The monoisotopic (exact) mass is 314 g/mol. The zero-order valence-corrected chi connectivity index (χ0v) is 11.7. The van der Waals surface area contributed by atoms with Crippen LogP contribution in [0.3, 0.4) is 0 Å². The molecule has 1 aliphatic heterocycles. The summed E-state index contributed by atoms with van der Waals surface area (Å²) in [6.45, 7) is 1.44. The number of anilines is 1. The second-order valence-electron chi connectivity index (χ2n) is 4.34. The summed E-state index contributed by atoms with van der Waals surface area (Å²) in [6.07, 6.45) is 1.81. The molecule has 2 rings (SSSR count). The Morgan fingerprint density at radius 2 is 2.11 bits per heavy atom. The van der Waals surface area contributed by atoms with E-state index in [-0.39, 0.29) is 10.6 Å². The van der Waals surface area contributed by atoms with Crippen LogP contribution in [0.25, 0.3) is 0 Å². The number of hydrogen-bond acceptors (Lipinski definition) is 4. The first kappa shape index (κ1) is 13.3. The highest BCUT2D eigenvalue weighted by atomic mass is 79.9. The fourth-order valence-electron chi connectivity index (χ4n) is 2.21. The molecule has 0 spiro atoms. The van der Waals surface area contributed by atoms with Crippen LogP contribution in [-0.2, 0) is 4.74 Å². The van der Waals surface area contributed by atoms with Crippen LogP contribution in [0.2, 0.25) is 0 Å². The molecule has 6 heteroatoms. The van der Waals surface area contributed by atoms with Crippen LogP contribution in [0, 0.1) is 10.1 Å². The molecule has 0 aliphatic carbocycles. The van der Waals surface area contributed by atoms with Crippen LogP contribution in [0.4, 0.5) is 11.4 Å². The SMILES string of the molecule is CN(c1ccc(Br)cc1[N+](=O)[O-])C1CCOCC1. The topological polar surface area (TPSA) is 55.6 Å². The van der Waals surface area contributed by atoms with Crippen molar-refractivity contribution in [3.63, 3.8) is 0 Å². The largest absolute Gasteiger partial charge is 0.381 e. The molecule has 0 unspecified atom stereocenters. The van der Waals surface area contributed by atoms with Crippen molar-refractivity contribution in [3.8, 4) is 0 Å². The van der Waals surface area contributed by atoms with Crippen molar-refractivity contribution >= 4 is 27.3 Å². The minimum Gasteiger partial charge on any atom is -0.381 e. The minimum absolute atomic E-state index is 0.137. The molecule has 0 amide bonds. The molecule has 0 bridgehead atoms. The zero-order valence-electron chi connectivity index (χ0n) is 10.1. The van der Waals surface area contributed by atoms with E-state index in [0.29, 0.717) is 11.7 Å². The van der Waals surface area contributed by atoms with Crippen LogP contribution in [0.1, 0.15) is 12.8 Å². The van der Waals surface area contributed by atoms with E-state index < -0.39 is 0 Å². The van der Waals surface area contributed by atoms with E-state index in [0.717, 1.165) is 30.5 Å². The van der Waals surface area contributed by atoms with Gasteiger partial charge in [0.25, 0.3) is 5.69 Å². The summed E-state index contributed by atoms with van der Waals surface area (Å²) in [7, 11) is 1.91. The van der Waals surface area contributed by atoms with E-state index in [1.165, 1.54) is 0 Å². The van der Waals surface area contributed by atoms with Crippen molar-refractivity contribution in [1.82, 2.24) is 0 Å². The number of nitro groups is 1. The van der Waals surface area contributed by atoms with Gasteiger partial charge in [-0.2, -0.15) is 0 Å². The summed E-state index contributed by atoms with van der Waals surface area (Å²) in [4.78, 5) is 12.8. The molecule has 0 aromatic heterocycles. The normalized spacial score (nSPS) is 16.6. The first-order valence-electron chi connectivity index (χ1n) is 5.84. The van der Waals surface area contributed by atoms with Crippen molar-refractivity contribution in [2.24, 2.45) is 0 Å². The van der Waals surface area contributed by atoms with Gasteiger partial charge in [-0.1, -0.05) is 15.9 Å². The number of nitro benzene ring substituents is 1. The Morgan fingerprint density at radius 1 is 1.44 bits per heavy atom. The van der Waals surface area contributed by atoms with Gasteiger partial charge in [-0.05, 0) is 25.0 Å². The Morgan fingerprint density at radius 3 is 2.72 bits per heavy atom. The fraction of sp³-hybridized carbons (Fsp3) is 0.500. The third-order valence-electron chi connectivity index (χ3n) is 3.25. The van der Waals surface area contributed by atoms with E-state index in [2.05, 4.69) is 15.9 Å². The average Bonchev–Trinajstić information content (AvgIpc) is 2.39. The van der Waals surface area contributed by atoms with Gasteiger partial charge in [-0.3, -0.25) is 10.1 Å². The Balaban J connectivity index is 2.28. The van der Waals surface area contributed by atoms with Gasteiger partial charge in [-0.25, -0.2) is 0 Å². The molecule has 0 saturated carbocycles. The van der Waals surface area contributed by atoms with Gasteiger partial charge in [0.15, 0.2) is 0 Å². The summed E-state index contributed by atoms with van der Waals surface area (Å²) in [5.41, 5.74) is 0.800. The lowest BCUT2D eigenvalue weighted by Crippen LogP contribution is -2.36. The van der Waals surface area contributed by atoms with Crippen molar-refractivity contribution in [3.05, 3.63) is 32.8 Å². The molecule has 0 radical (unpaired) electrons. The molecule has 0 N–H and O–H groups in total. The van der Waals surface area contributed by atoms with Crippen molar-refractivity contribution in [2.45, 2.75) is 18.9 Å². The highest BCUT2D eigenvalue weighted by Crippen LogP contribution is 2.33. The molecular weight excluding hydrogens is 300 g/mol. The summed E-state index contributed by atoms with van der Waals surface area (Å²) in [5.74, 6) is 0. The lowest BCUT2D eigenvalue weighted by molar-refractivity contribution is -0.384. The van der Waals surface area contributed by atoms with Crippen LogP contribution >= 0.6 is 15.9 Å². The summed E-state index contributed by atoms with van der Waals surface area (Å²) in [5, 5.41) is 11.1.